The predicted octanol–water partition coefficient (Wildman–Crippen LogP) is 5.44. The molecule has 1 atom stereocenters. The topological polar surface area (TPSA) is 67.9 Å². The second-order valence-corrected chi connectivity index (χ2v) is 10.0. The zero-order valence-electron chi connectivity index (χ0n) is 20.5. The van der Waals surface area contributed by atoms with Gasteiger partial charge in [0.15, 0.2) is 6.61 Å². The van der Waals surface area contributed by atoms with Crippen molar-refractivity contribution in [3.8, 4) is 11.5 Å². The van der Waals surface area contributed by atoms with Gasteiger partial charge in [-0.3, -0.25) is 9.59 Å². The molecule has 1 aliphatic carbocycles. The Bertz CT molecular complexity index is 988. The molecule has 34 heavy (non-hydrogen) atoms. The highest BCUT2D eigenvalue weighted by molar-refractivity contribution is 9.10. The van der Waals surface area contributed by atoms with Gasteiger partial charge in [0, 0.05) is 12.6 Å². The van der Waals surface area contributed by atoms with Gasteiger partial charge in [0.1, 0.15) is 17.5 Å². The Morgan fingerprint density at radius 2 is 1.85 bits per heavy atom. The van der Waals surface area contributed by atoms with E-state index >= 15 is 0 Å². The lowest BCUT2D eigenvalue weighted by atomic mass is 10.0. The van der Waals surface area contributed by atoms with Crippen molar-refractivity contribution in [3.63, 3.8) is 0 Å². The van der Waals surface area contributed by atoms with Gasteiger partial charge in [-0.2, -0.15) is 0 Å². The SMILES string of the molecule is COc1cccc(CN(C(=O)COc2ccc(C(C)C)cc2Br)[C@@H](C)C(=O)NC2CCCC2)c1. The lowest BCUT2D eigenvalue weighted by molar-refractivity contribution is -0.142. The number of nitrogens with one attached hydrogen (secondary N) is 1. The fourth-order valence-corrected chi connectivity index (χ4v) is 4.67. The van der Waals surface area contributed by atoms with Crippen molar-refractivity contribution < 1.29 is 19.1 Å². The molecule has 2 aromatic rings. The summed E-state index contributed by atoms with van der Waals surface area (Å²) in [4.78, 5) is 27.9. The number of carbonyl (C=O) groups is 2. The standard InChI is InChI=1S/C27H35BrN2O4/c1-18(2)21-12-13-25(24(28)15-21)34-17-26(31)30(16-20-8-7-11-23(14-20)33-4)19(3)27(32)29-22-9-5-6-10-22/h7-8,11-15,18-19,22H,5-6,9-10,16-17H2,1-4H3,(H,29,32)/t19-/m0/s1. The van der Waals surface area contributed by atoms with Crippen LogP contribution in [0.4, 0.5) is 0 Å². The van der Waals surface area contributed by atoms with Gasteiger partial charge in [0.05, 0.1) is 11.6 Å². The van der Waals surface area contributed by atoms with E-state index in [4.69, 9.17) is 9.47 Å². The molecule has 0 unspecified atom stereocenters. The molecule has 6 nitrogen and oxygen atoms in total. The van der Waals surface area contributed by atoms with E-state index in [-0.39, 0.29) is 31.0 Å². The van der Waals surface area contributed by atoms with Gasteiger partial charge >= 0.3 is 0 Å². The number of methoxy groups -OCH3 is 1. The monoisotopic (exact) mass is 530 g/mol. The molecule has 0 spiro atoms. The number of ether oxygens (including phenoxy) is 2. The predicted molar refractivity (Wildman–Crippen MR) is 137 cm³/mol. The Morgan fingerprint density at radius 1 is 1.12 bits per heavy atom. The van der Waals surface area contributed by atoms with Crippen LogP contribution >= 0.6 is 15.9 Å². The Hall–Kier alpha value is -2.54. The minimum atomic E-state index is -0.630. The summed E-state index contributed by atoms with van der Waals surface area (Å²) in [7, 11) is 1.61. The molecule has 0 heterocycles. The molecule has 3 rings (SSSR count). The van der Waals surface area contributed by atoms with Crippen LogP contribution in [-0.4, -0.2) is 42.5 Å². The summed E-state index contributed by atoms with van der Waals surface area (Å²) in [6, 6.07) is 13.0. The molecule has 0 saturated heterocycles. The quantitative estimate of drug-likeness (QED) is 0.444. The van der Waals surface area contributed by atoms with Gasteiger partial charge < -0.3 is 19.7 Å². The van der Waals surface area contributed by atoms with Crippen LogP contribution in [0.2, 0.25) is 0 Å². The van der Waals surface area contributed by atoms with E-state index in [9.17, 15) is 9.59 Å². The van der Waals surface area contributed by atoms with E-state index in [2.05, 4.69) is 35.1 Å². The maximum atomic E-state index is 13.3. The molecule has 1 fully saturated rings. The molecule has 1 saturated carbocycles. The second-order valence-electron chi connectivity index (χ2n) is 9.17. The van der Waals surface area contributed by atoms with Crippen molar-refractivity contribution in [1.29, 1.82) is 0 Å². The molecule has 1 N–H and O–H groups in total. The van der Waals surface area contributed by atoms with Crippen LogP contribution in [0.25, 0.3) is 0 Å². The van der Waals surface area contributed by atoms with E-state index in [0.717, 1.165) is 35.7 Å². The average Bonchev–Trinajstić information content (AvgIpc) is 3.34. The summed E-state index contributed by atoms with van der Waals surface area (Å²) in [6.07, 6.45) is 4.24. The van der Waals surface area contributed by atoms with Gasteiger partial charge in [-0.25, -0.2) is 0 Å². The number of halogens is 1. The van der Waals surface area contributed by atoms with Gasteiger partial charge in [0.25, 0.3) is 5.91 Å². The fraction of sp³-hybridized carbons (Fsp3) is 0.481. The van der Waals surface area contributed by atoms with Crippen molar-refractivity contribution in [2.75, 3.05) is 13.7 Å². The third kappa shape index (κ3) is 6.98. The maximum Gasteiger partial charge on any atom is 0.261 e. The molecule has 0 aliphatic heterocycles. The minimum absolute atomic E-state index is 0.134. The molecule has 2 aromatic carbocycles. The van der Waals surface area contributed by atoms with E-state index in [0.29, 0.717) is 17.4 Å². The highest BCUT2D eigenvalue weighted by Gasteiger charge is 2.29. The average molecular weight is 531 g/mol. The summed E-state index contributed by atoms with van der Waals surface area (Å²) in [6.45, 7) is 6.15. The number of hydrogen-bond acceptors (Lipinski definition) is 4. The minimum Gasteiger partial charge on any atom is -0.497 e. The molecular formula is C27H35BrN2O4. The second kappa shape index (κ2) is 12.2. The Kier molecular flexibility index (Phi) is 9.39. The number of nitrogens with zero attached hydrogens (tertiary/aromatic N) is 1. The van der Waals surface area contributed by atoms with Gasteiger partial charge in [-0.05, 0) is 77.0 Å². The molecule has 7 heteroatoms. The van der Waals surface area contributed by atoms with Crippen LogP contribution in [0.1, 0.15) is 63.5 Å². The number of amides is 2. The zero-order chi connectivity index (χ0) is 24.7. The first-order valence-electron chi connectivity index (χ1n) is 11.9. The third-order valence-electron chi connectivity index (χ3n) is 6.33. The molecule has 0 aromatic heterocycles. The van der Waals surface area contributed by atoms with Crippen LogP contribution in [0.15, 0.2) is 46.9 Å². The zero-order valence-corrected chi connectivity index (χ0v) is 22.1. The highest BCUT2D eigenvalue weighted by atomic mass is 79.9. The maximum absolute atomic E-state index is 13.3. The molecule has 1 aliphatic rings. The fourth-order valence-electron chi connectivity index (χ4n) is 4.16. The van der Waals surface area contributed by atoms with Gasteiger partial charge in [-0.1, -0.05) is 44.9 Å². The first-order valence-corrected chi connectivity index (χ1v) is 12.7. The van der Waals surface area contributed by atoms with Crippen LogP contribution in [0.3, 0.4) is 0 Å². The smallest absolute Gasteiger partial charge is 0.261 e. The summed E-state index contributed by atoms with van der Waals surface area (Å²) < 4.78 is 12.0. The lowest BCUT2D eigenvalue weighted by Gasteiger charge is -2.30. The molecule has 184 valence electrons. The first-order chi connectivity index (χ1) is 16.3. The van der Waals surface area contributed by atoms with Crippen molar-refractivity contribution in [1.82, 2.24) is 10.2 Å². The highest BCUT2D eigenvalue weighted by Crippen LogP contribution is 2.29. The largest absolute Gasteiger partial charge is 0.497 e. The lowest BCUT2D eigenvalue weighted by Crippen LogP contribution is -2.50. The summed E-state index contributed by atoms with van der Waals surface area (Å²) in [5, 5.41) is 3.12. The number of hydrogen-bond donors (Lipinski definition) is 1. The summed E-state index contributed by atoms with van der Waals surface area (Å²) in [5.41, 5.74) is 2.07. The van der Waals surface area contributed by atoms with Gasteiger partial charge in [0.2, 0.25) is 5.91 Å². The Balaban J connectivity index is 1.74. The van der Waals surface area contributed by atoms with E-state index in [1.165, 1.54) is 5.56 Å². The van der Waals surface area contributed by atoms with Crippen LogP contribution in [0.5, 0.6) is 11.5 Å². The van der Waals surface area contributed by atoms with Crippen LogP contribution in [-0.2, 0) is 16.1 Å². The Labute approximate surface area is 211 Å². The van der Waals surface area contributed by atoms with Gasteiger partial charge in [-0.15, -0.1) is 0 Å². The van der Waals surface area contributed by atoms with E-state index in [1.54, 1.807) is 18.9 Å². The first kappa shape index (κ1) is 26.1. The summed E-state index contributed by atoms with van der Waals surface area (Å²) >= 11 is 3.55. The summed E-state index contributed by atoms with van der Waals surface area (Å²) in [5.74, 6) is 1.31. The number of rotatable bonds is 10. The van der Waals surface area contributed by atoms with Crippen molar-refractivity contribution in [2.24, 2.45) is 0 Å². The van der Waals surface area contributed by atoms with Crippen molar-refractivity contribution in [2.45, 2.75) is 71.0 Å². The van der Waals surface area contributed by atoms with Crippen LogP contribution in [0, 0.1) is 0 Å². The van der Waals surface area contributed by atoms with E-state index < -0.39 is 6.04 Å². The Morgan fingerprint density at radius 3 is 2.50 bits per heavy atom. The molecule has 0 radical (unpaired) electrons. The molecule has 2 amide bonds. The number of carbonyl (C=O) groups excluding carboxylic acids is 2. The van der Waals surface area contributed by atoms with Crippen molar-refractivity contribution in [3.05, 3.63) is 58.1 Å². The molecular weight excluding hydrogens is 496 g/mol. The third-order valence-corrected chi connectivity index (χ3v) is 6.95. The normalized spacial score (nSPS) is 14.6. The van der Waals surface area contributed by atoms with Crippen molar-refractivity contribution >= 4 is 27.7 Å². The number of benzene rings is 2. The molecule has 0 bridgehead atoms. The van der Waals surface area contributed by atoms with E-state index in [1.807, 2.05) is 42.5 Å². The van der Waals surface area contributed by atoms with Crippen LogP contribution < -0.4 is 14.8 Å².